The lowest BCUT2D eigenvalue weighted by atomic mass is 9.91. The molecule has 0 aliphatic carbocycles. The van der Waals surface area contributed by atoms with Crippen LogP contribution in [0, 0.1) is 5.92 Å². The Bertz CT molecular complexity index is 1260. The van der Waals surface area contributed by atoms with Crippen molar-refractivity contribution in [3.8, 4) is 0 Å². The van der Waals surface area contributed by atoms with Crippen LogP contribution in [-0.4, -0.2) is 79.7 Å². The number of hydrogen-bond acceptors (Lipinski definition) is 11. The van der Waals surface area contributed by atoms with E-state index in [0.717, 1.165) is 5.56 Å². The van der Waals surface area contributed by atoms with Gasteiger partial charge in [-0.2, -0.15) is 0 Å². The van der Waals surface area contributed by atoms with Gasteiger partial charge in [0.05, 0.1) is 19.5 Å². The Morgan fingerprint density at radius 2 is 1.92 bits per heavy atom. The quantitative estimate of drug-likeness (QED) is 0.176. The Hall–Kier alpha value is -3.85. The summed E-state index contributed by atoms with van der Waals surface area (Å²) in [7, 11) is 1.20. The van der Waals surface area contributed by atoms with Crippen LogP contribution in [0.1, 0.15) is 31.1 Å². The highest BCUT2D eigenvalue weighted by Gasteiger charge is 2.45. The Morgan fingerprint density at radius 1 is 1.15 bits per heavy atom. The lowest BCUT2D eigenvalue weighted by Crippen LogP contribution is -2.45. The summed E-state index contributed by atoms with van der Waals surface area (Å²) in [6.45, 7) is 1.13. The van der Waals surface area contributed by atoms with Gasteiger partial charge < -0.3 is 41.8 Å². The second-order valence-corrected chi connectivity index (χ2v) is 9.52. The summed E-state index contributed by atoms with van der Waals surface area (Å²) in [5.74, 6) is -0.604. The summed E-state index contributed by atoms with van der Waals surface area (Å²) in [6.07, 6.45) is -1.08. The van der Waals surface area contributed by atoms with Gasteiger partial charge >= 0.3 is 6.09 Å². The molecule has 3 aromatic rings. The number of aliphatic hydroxyl groups is 2. The molecule has 14 heteroatoms. The van der Waals surface area contributed by atoms with E-state index in [9.17, 15) is 19.8 Å². The van der Waals surface area contributed by atoms with Crippen LogP contribution < -0.4 is 22.1 Å². The van der Waals surface area contributed by atoms with E-state index in [-0.39, 0.29) is 18.2 Å². The number of benzene rings is 1. The van der Waals surface area contributed by atoms with Gasteiger partial charge in [0.15, 0.2) is 17.7 Å². The fourth-order valence-electron chi connectivity index (χ4n) is 4.75. The molecule has 8 N–H and O–H groups in total. The number of hydrogen-bond donors (Lipinski definition) is 6. The maximum atomic E-state index is 11.9. The molecule has 1 aromatic carbocycles. The van der Waals surface area contributed by atoms with Gasteiger partial charge in [-0.05, 0) is 37.3 Å². The van der Waals surface area contributed by atoms with E-state index in [4.69, 9.17) is 16.2 Å². The Kier molecular flexibility index (Phi) is 9.24. The van der Waals surface area contributed by atoms with E-state index >= 15 is 0 Å². The van der Waals surface area contributed by atoms with Crippen molar-refractivity contribution in [3.63, 3.8) is 0 Å². The number of fused-ring (bicyclic) bond motifs is 1. The van der Waals surface area contributed by atoms with Gasteiger partial charge in [0.1, 0.15) is 30.1 Å². The first kappa shape index (κ1) is 28.2. The lowest BCUT2D eigenvalue weighted by Gasteiger charge is -2.24. The van der Waals surface area contributed by atoms with Crippen LogP contribution in [-0.2, 0) is 20.8 Å². The van der Waals surface area contributed by atoms with E-state index in [0.29, 0.717) is 37.1 Å². The summed E-state index contributed by atoms with van der Waals surface area (Å²) in [5, 5.41) is 27.6. The molecule has 2 amide bonds. The van der Waals surface area contributed by atoms with E-state index in [2.05, 4.69) is 30.3 Å². The summed E-state index contributed by atoms with van der Waals surface area (Å²) < 4.78 is 12.2. The second kappa shape index (κ2) is 12.8. The first-order valence-electron chi connectivity index (χ1n) is 12.6. The summed E-state index contributed by atoms with van der Waals surface area (Å²) in [5.41, 5.74) is 13.2. The van der Waals surface area contributed by atoms with Crippen molar-refractivity contribution >= 4 is 29.0 Å². The van der Waals surface area contributed by atoms with Crippen LogP contribution >= 0.6 is 0 Å². The molecule has 14 nitrogen and oxygen atoms in total. The maximum Gasteiger partial charge on any atom is 0.407 e. The van der Waals surface area contributed by atoms with E-state index in [1.165, 1.54) is 24.3 Å². The van der Waals surface area contributed by atoms with E-state index < -0.39 is 42.6 Å². The fourth-order valence-corrected chi connectivity index (χ4v) is 4.75. The van der Waals surface area contributed by atoms with E-state index in [1.807, 2.05) is 30.3 Å². The highest BCUT2D eigenvalue weighted by Crippen LogP contribution is 2.35. The van der Waals surface area contributed by atoms with Crippen molar-refractivity contribution in [2.45, 2.75) is 56.4 Å². The summed E-state index contributed by atoms with van der Waals surface area (Å²) >= 11 is 0. The minimum Gasteiger partial charge on any atom is -0.453 e. The van der Waals surface area contributed by atoms with Crippen molar-refractivity contribution in [2.24, 2.45) is 11.7 Å². The SMILES string of the molecule is COC(=O)NC(CC[C@H](CNCc1ccccc1)CC1OC(n2cnc3c(N)ncnc32)C(O)C1O)C(N)=O. The predicted octanol–water partition coefficient (Wildman–Crippen LogP) is -0.186. The molecule has 1 saturated heterocycles. The number of nitrogens with zero attached hydrogens (tertiary/aromatic N) is 4. The predicted molar refractivity (Wildman–Crippen MR) is 140 cm³/mol. The molecule has 5 unspecified atom stereocenters. The number of anilines is 1. The smallest absolute Gasteiger partial charge is 0.407 e. The molecule has 39 heavy (non-hydrogen) atoms. The zero-order valence-electron chi connectivity index (χ0n) is 21.5. The monoisotopic (exact) mass is 542 g/mol. The van der Waals surface area contributed by atoms with Gasteiger partial charge in [-0.3, -0.25) is 9.36 Å². The van der Waals surface area contributed by atoms with Gasteiger partial charge in [0, 0.05) is 6.54 Å². The average molecular weight is 543 g/mol. The number of primary amides is 1. The molecule has 0 spiro atoms. The zero-order valence-corrected chi connectivity index (χ0v) is 21.5. The maximum absolute atomic E-state index is 11.9. The number of methoxy groups -OCH3 is 1. The molecule has 1 fully saturated rings. The van der Waals surface area contributed by atoms with Crippen LogP contribution in [0.25, 0.3) is 11.2 Å². The lowest BCUT2D eigenvalue weighted by molar-refractivity contribution is -0.120. The van der Waals surface area contributed by atoms with Crippen molar-refractivity contribution in [1.29, 1.82) is 0 Å². The van der Waals surface area contributed by atoms with Crippen molar-refractivity contribution in [1.82, 2.24) is 30.2 Å². The van der Waals surface area contributed by atoms with Gasteiger partial charge in [-0.1, -0.05) is 30.3 Å². The number of imidazole rings is 1. The van der Waals surface area contributed by atoms with Crippen molar-refractivity contribution in [3.05, 3.63) is 48.5 Å². The molecule has 3 heterocycles. The number of nitrogens with two attached hydrogens (primary N) is 2. The summed E-state index contributed by atoms with van der Waals surface area (Å²) in [6, 6.07) is 8.92. The van der Waals surface area contributed by atoms with Gasteiger partial charge in [-0.15, -0.1) is 0 Å². The average Bonchev–Trinajstić information content (AvgIpc) is 3.48. The number of carbonyl (C=O) groups is 2. The third-order valence-electron chi connectivity index (χ3n) is 6.85. The van der Waals surface area contributed by atoms with Crippen molar-refractivity contribution < 1.29 is 29.3 Å². The minimum atomic E-state index is -1.25. The number of aromatic nitrogens is 4. The highest BCUT2D eigenvalue weighted by atomic mass is 16.6. The Labute approximate surface area is 224 Å². The number of rotatable bonds is 12. The standard InChI is InChI=1S/C25H34N8O6/c1-38-25(37)32-16(22(27)36)8-7-15(11-28-10-14-5-3-2-4-6-14)9-17-19(34)20(35)24(39-17)33-13-31-18-21(26)29-12-30-23(18)33/h2-6,12-13,15-17,19-20,24,28,34-35H,7-11H2,1H3,(H2,27,36)(H,32,37)(H2,26,29,30)/t15-,16?,17?,19?,20?,24?/m0/s1. The topological polar surface area (TPSA) is 213 Å². The van der Waals surface area contributed by atoms with E-state index in [1.54, 1.807) is 0 Å². The van der Waals surface area contributed by atoms with Crippen molar-refractivity contribution in [2.75, 3.05) is 19.4 Å². The number of carbonyl (C=O) groups excluding carboxylic acids is 2. The first-order valence-corrected chi connectivity index (χ1v) is 12.6. The molecular weight excluding hydrogens is 508 g/mol. The Balaban J connectivity index is 1.46. The number of alkyl carbamates (subject to hydrolysis) is 1. The third kappa shape index (κ3) is 6.78. The van der Waals surface area contributed by atoms with Crippen LogP contribution in [0.2, 0.25) is 0 Å². The number of ether oxygens (including phenoxy) is 2. The molecular formula is C25H34N8O6. The van der Waals surface area contributed by atoms with Crippen LogP contribution in [0.4, 0.5) is 10.6 Å². The van der Waals surface area contributed by atoms with Gasteiger partial charge in [0.2, 0.25) is 5.91 Å². The fraction of sp³-hybridized carbons (Fsp3) is 0.480. The molecule has 2 aromatic heterocycles. The summed E-state index contributed by atoms with van der Waals surface area (Å²) in [4.78, 5) is 35.9. The number of nitrogen functional groups attached to an aromatic ring is 1. The van der Waals surface area contributed by atoms with Gasteiger partial charge in [0.25, 0.3) is 0 Å². The van der Waals surface area contributed by atoms with Crippen LogP contribution in [0.5, 0.6) is 0 Å². The number of amides is 2. The highest BCUT2D eigenvalue weighted by molar-refractivity contribution is 5.84. The number of nitrogens with one attached hydrogen (secondary N) is 2. The third-order valence-corrected chi connectivity index (χ3v) is 6.85. The molecule has 6 atom stereocenters. The number of aliphatic hydroxyl groups excluding tert-OH is 2. The molecule has 1 aliphatic heterocycles. The molecule has 210 valence electrons. The first-order chi connectivity index (χ1) is 18.8. The molecule has 0 radical (unpaired) electrons. The van der Waals surface area contributed by atoms with Gasteiger partial charge in [-0.25, -0.2) is 19.7 Å². The largest absolute Gasteiger partial charge is 0.453 e. The molecule has 0 saturated carbocycles. The normalized spacial score (nSPS) is 22.4. The minimum absolute atomic E-state index is 0.113. The molecule has 0 bridgehead atoms. The van der Waals surface area contributed by atoms with Crippen LogP contribution in [0.15, 0.2) is 43.0 Å². The Morgan fingerprint density at radius 3 is 2.64 bits per heavy atom. The second-order valence-electron chi connectivity index (χ2n) is 9.52. The molecule has 4 rings (SSSR count). The zero-order chi connectivity index (χ0) is 27.9. The van der Waals surface area contributed by atoms with Crippen LogP contribution in [0.3, 0.4) is 0 Å². The molecule has 1 aliphatic rings.